The molecule has 0 unspecified atom stereocenters. The van der Waals surface area contributed by atoms with Gasteiger partial charge >= 0.3 is 0 Å². The van der Waals surface area contributed by atoms with Crippen molar-refractivity contribution < 1.29 is 4.39 Å². The molecule has 1 N–H and O–H groups in total. The van der Waals surface area contributed by atoms with Gasteiger partial charge in [-0.2, -0.15) is 5.10 Å². The lowest BCUT2D eigenvalue weighted by atomic mass is 9.98. The Morgan fingerprint density at radius 2 is 2.15 bits per heavy atom. The first-order valence-electron chi connectivity index (χ1n) is 9.25. The summed E-state index contributed by atoms with van der Waals surface area (Å²) >= 11 is 0. The number of hydrogen-bond acceptors (Lipinski definition) is 5. The van der Waals surface area contributed by atoms with E-state index in [0.717, 1.165) is 66.2 Å². The van der Waals surface area contributed by atoms with E-state index in [9.17, 15) is 4.39 Å². The van der Waals surface area contributed by atoms with Crippen molar-refractivity contribution in [3.05, 3.63) is 59.9 Å². The minimum Gasteiger partial charge on any atom is -0.385 e. The highest BCUT2D eigenvalue weighted by molar-refractivity contribution is 5.74. The van der Waals surface area contributed by atoms with Crippen LogP contribution in [-0.4, -0.2) is 33.2 Å². The molecule has 1 aliphatic heterocycles. The lowest BCUT2D eigenvalue weighted by molar-refractivity contribution is 0.590. The van der Waals surface area contributed by atoms with Crippen molar-refractivity contribution in [3.8, 4) is 0 Å². The van der Waals surface area contributed by atoms with Gasteiger partial charge in [0.1, 0.15) is 11.6 Å². The summed E-state index contributed by atoms with van der Waals surface area (Å²) in [6.45, 7) is 4.91. The molecule has 0 saturated heterocycles. The SMILES string of the molecule is C=C1NCCCc2ncc(F)cc2C2(CC2)N(C)c2ccn3ncc1c3n2. The van der Waals surface area contributed by atoms with Crippen LogP contribution in [0.2, 0.25) is 0 Å². The fourth-order valence-corrected chi connectivity index (χ4v) is 4.04. The highest BCUT2D eigenvalue weighted by Crippen LogP contribution is 2.52. The van der Waals surface area contributed by atoms with Gasteiger partial charge in [0.25, 0.3) is 0 Å². The fourth-order valence-electron chi connectivity index (χ4n) is 4.04. The van der Waals surface area contributed by atoms with E-state index in [4.69, 9.17) is 4.98 Å². The molecule has 5 rings (SSSR count). The minimum atomic E-state index is -0.286. The lowest BCUT2D eigenvalue weighted by Crippen LogP contribution is -2.33. The molecule has 1 saturated carbocycles. The number of nitrogens with one attached hydrogen (secondary N) is 1. The van der Waals surface area contributed by atoms with Crippen molar-refractivity contribution in [2.24, 2.45) is 0 Å². The zero-order chi connectivity index (χ0) is 18.6. The van der Waals surface area contributed by atoms with Gasteiger partial charge < -0.3 is 10.2 Å². The molecule has 0 aromatic carbocycles. The second-order valence-electron chi connectivity index (χ2n) is 7.36. The van der Waals surface area contributed by atoms with E-state index >= 15 is 0 Å². The maximum atomic E-state index is 14.1. The topological polar surface area (TPSA) is 58.4 Å². The van der Waals surface area contributed by atoms with Crippen LogP contribution in [0.15, 0.2) is 37.3 Å². The highest BCUT2D eigenvalue weighted by Gasteiger charge is 2.50. The Bertz CT molecular complexity index is 1050. The van der Waals surface area contributed by atoms with Crippen LogP contribution in [0.5, 0.6) is 0 Å². The van der Waals surface area contributed by atoms with Gasteiger partial charge in [-0.3, -0.25) is 4.98 Å². The van der Waals surface area contributed by atoms with Crippen molar-refractivity contribution in [2.45, 2.75) is 31.2 Å². The molecule has 3 aromatic heterocycles. The molecule has 138 valence electrons. The average molecular weight is 364 g/mol. The Kier molecular flexibility index (Phi) is 3.47. The summed E-state index contributed by atoms with van der Waals surface area (Å²) in [5.74, 6) is 0.551. The van der Waals surface area contributed by atoms with Crippen LogP contribution in [0.3, 0.4) is 0 Å². The van der Waals surface area contributed by atoms with Crippen LogP contribution < -0.4 is 10.2 Å². The van der Waals surface area contributed by atoms with Gasteiger partial charge in [0.15, 0.2) is 5.65 Å². The molecule has 1 fully saturated rings. The Hall–Kier alpha value is -2.96. The van der Waals surface area contributed by atoms with Crippen LogP contribution in [-0.2, 0) is 12.0 Å². The second kappa shape index (κ2) is 5.77. The van der Waals surface area contributed by atoms with E-state index in [-0.39, 0.29) is 11.4 Å². The molecule has 27 heavy (non-hydrogen) atoms. The predicted octanol–water partition coefficient (Wildman–Crippen LogP) is 2.90. The molecule has 1 spiro atoms. The van der Waals surface area contributed by atoms with Gasteiger partial charge in [-0.1, -0.05) is 6.58 Å². The molecule has 4 heterocycles. The fraction of sp³-hybridized carbons (Fsp3) is 0.350. The van der Waals surface area contributed by atoms with Crippen LogP contribution in [0.4, 0.5) is 10.2 Å². The molecular formula is C20H21FN6. The van der Waals surface area contributed by atoms with E-state index in [1.165, 1.54) is 6.20 Å². The minimum absolute atomic E-state index is 0.242. The van der Waals surface area contributed by atoms with Crippen LogP contribution in [0.25, 0.3) is 11.3 Å². The molecule has 2 bridgehead atoms. The van der Waals surface area contributed by atoms with Gasteiger partial charge in [0, 0.05) is 36.7 Å². The monoisotopic (exact) mass is 364 g/mol. The van der Waals surface area contributed by atoms with E-state index in [1.807, 2.05) is 19.3 Å². The van der Waals surface area contributed by atoms with E-state index < -0.39 is 0 Å². The Balaban J connectivity index is 1.69. The van der Waals surface area contributed by atoms with Crippen molar-refractivity contribution in [1.29, 1.82) is 0 Å². The number of hydrogen-bond donors (Lipinski definition) is 1. The normalized spacial score (nSPS) is 18.6. The van der Waals surface area contributed by atoms with E-state index in [1.54, 1.807) is 16.8 Å². The molecule has 6 nitrogen and oxygen atoms in total. The molecule has 0 atom stereocenters. The number of aromatic nitrogens is 4. The van der Waals surface area contributed by atoms with Crippen molar-refractivity contribution >= 4 is 17.2 Å². The molecular weight excluding hydrogens is 343 g/mol. The van der Waals surface area contributed by atoms with Crippen LogP contribution in [0.1, 0.15) is 36.1 Å². The number of aryl methyl sites for hydroxylation is 1. The quantitative estimate of drug-likeness (QED) is 0.665. The van der Waals surface area contributed by atoms with Gasteiger partial charge in [-0.15, -0.1) is 0 Å². The van der Waals surface area contributed by atoms with Gasteiger partial charge in [-0.05, 0) is 37.8 Å². The van der Waals surface area contributed by atoms with E-state index in [2.05, 4.69) is 26.9 Å². The zero-order valence-corrected chi connectivity index (χ0v) is 15.2. The molecule has 0 radical (unpaired) electrons. The van der Waals surface area contributed by atoms with Gasteiger partial charge in [-0.25, -0.2) is 13.9 Å². The number of pyridine rings is 1. The standard InChI is InChI=1S/C20H21FN6/c1-13-15-12-24-27-9-5-18(25-19(15)27)26(2)20(6-7-20)16-10-14(21)11-23-17(16)4-3-8-22-13/h5,9-12,22H,1,3-4,6-8H2,2H3. The third-order valence-electron chi connectivity index (χ3n) is 5.76. The predicted molar refractivity (Wildman–Crippen MR) is 102 cm³/mol. The maximum absolute atomic E-state index is 14.1. The summed E-state index contributed by atoms with van der Waals surface area (Å²) in [6, 6.07) is 3.60. The third kappa shape index (κ3) is 2.49. The summed E-state index contributed by atoms with van der Waals surface area (Å²) in [5.41, 5.74) is 4.19. The number of halogens is 1. The smallest absolute Gasteiger partial charge is 0.166 e. The zero-order valence-electron chi connectivity index (χ0n) is 15.2. The molecule has 2 aliphatic rings. The second-order valence-corrected chi connectivity index (χ2v) is 7.36. The summed E-state index contributed by atoms with van der Waals surface area (Å²) in [5, 5.41) is 7.75. The Morgan fingerprint density at radius 3 is 2.96 bits per heavy atom. The average Bonchev–Trinajstić information content (AvgIpc) is 3.37. The van der Waals surface area contributed by atoms with Gasteiger partial charge in [0.2, 0.25) is 0 Å². The number of nitrogens with zero attached hydrogens (tertiary/aromatic N) is 5. The summed E-state index contributed by atoms with van der Waals surface area (Å²) in [6.07, 6.45) is 8.63. The Labute approximate surface area is 156 Å². The highest BCUT2D eigenvalue weighted by atomic mass is 19.1. The van der Waals surface area contributed by atoms with E-state index in [0.29, 0.717) is 0 Å². The molecule has 1 aliphatic carbocycles. The number of fused-ring (bicyclic) bond motifs is 3. The van der Waals surface area contributed by atoms with Crippen molar-refractivity contribution in [1.82, 2.24) is 24.9 Å². The largest absolute Gasteiger partial charge is 0.385 e. The maximum Gasteiger partial charge on any atom is 0.166 e. The molecule has 0 amide bonds. The summed E-state index contributed by atoms with van der Waals surface area (Å²) < 4.78 is 15.8. The molecule has 3 aromatic rings. The number of rotatable bonds is 0. The van der Waals surface area contributed by atoms with Crippen LogP contribution >= 0.6 is 0 Å². The number of anilines is 1. The first-order chi connectivity index (χ1) is 13.1. The summed E-state index contributed by atoms with van der Waals surface area (Å²) in [7, 11) is 2.03. The third-order valence-corrected chi connectivity index (χ3v) is 5.76. The van der Waals surface area contributed by atoms with Gasteiger partial charge in [0.05, 0.1) is 23.5 Å². The first-order valence-corrected chi connectivity index (χ1v) is 9.25. The van der Waals surface area contributed by atoms with Crippen LogP contribution in [0, 0.1) is 5.82 Å². The first kappa shape index (κ1) is 16.2. The summed E-state index contributed by atoms with van der Waals surface area (Å²) in [4.78, 5) is 11.4. The van der Waals surface area contributed by atoms with Crippen molar-refractivity contribution in [2.75, 3.05) is 18.5 Å². The Morgan fingerprint density at radius 1 is 1.30 bits per heavy atom. The molecule has 7 heteroatoms. The lowest BCUT2D eigenvalue weighted by Gasteiger charge is -2.31. The van der Waals surface area contributed by atoms with Crippen molar-refractivity contribution in [3.63, 3.8) is 0 Å².